The molecule has 0 aliphatic heterocycles. The average Bonchev–Trinajstić information content (AvgIpc) is 3.05. The first-order valence-corrected chi connectivity index (χ1v) is 12.9. The second-order valence-corrected chi connectivity index (χ2v) is 11.3. The van der Waals surface area contributed by atoms with Crippen LogP contribution in [0.5, 0.6) is 5.88 Å². The molecule has 0 unspecified atom stereocenters. The topological polar surface area (TPSA) is 96.4 Å². The second kappa shape index (κ2) is 9.93. The SMILES string of the molecule is COCCOc1cc(-c2cc(S(N)(=O)=O)c(C)n2CC2CCCCC2)cc(C(C)(C)C)n1. The summed E-state index contributed by atoms with van der Waals surface area (Å²) in [6.45, 7) is 9.77. The van der Waals surface area contributed by atoms with Crippen LogP contribution in [0.2, 0.25) is 0 Å². The first-order valence-electron chi connectivity index (χ1n) is 11.4. The third kappa shape index (κ3) is 5.91. The molecule has 0 spiro atoms. The minimum Gasteiger partial charge on any atom is -0.475 e. The summed E-state index contributed by atoms with van der Waals surface area (Å²) in [4.78, 5) is 4.88. The van der Waals surface area contributed by atoms with E-state index in [0.717, 1.165) is 36.3 Å². The number of ether oxygens (including phenoxy) is 2. The molecule has 178 valence electrons. The number of primary sulfonamides is 1. The number of nitrogens with two attached hydrogens (primary N) is 1. The third-order valence-corrected chi connectivity index (χ3v) is 7.22. The van der Waals surface area contributed by atoms with Gasteiger partial charge in [-0.2, -0.15) is 0 Å². The summed E-state index contributed by atoms with van der Waals surface area (Å²) in [5, 5.41) is 5.57. The van der Waals surface area contributed by atoms with Crippen LogP contribution in [0.1, 0.15) is 64.3 Å². The Morgan fingerprint density at radius 1 is 1.12 bits per heavy atom. The number of hydrogen-bond donors (Lipinski definition) is 1. The van der Waals surface area contributed by atoms with Gasteiger partial charge in [0.25, 0.3) is 0 Å². The van der Waals surface area contributed by atoms with Crippen LogP contribution in [-0.4, -0.2) is 38.3 Å². The van der Waals surface area contributed by atoms with E-state index in [1.165, 1.54) is 19.3 Å². The van der Waals surface area contributed by atoms with Crippen molar-refractivity contribution in [2.75, 3.05) is 20.3 Å². The Morgan fingerprint density at radius 2 is 1.81 bits per heavy atom. The van der Waals surface area contributed by atoms with E-state index in [4.69, 9.17) is 19.6 Å². The van der Waals surface area contributed by atoms with Crippen LogP contribution in [0.4, 0.5) is 0 Å². The van der Waals surface area contributed by atoms with Gasteiger partial charge in [0.1, 0.15) is 11.5 Å². The smallest absolute Gasteiger partial charge is 0.239 e. The molecular formula is C24H37N3O4S. The zero-order valence-electron chi connectivity index (χ0n) is 20.0. The maximum absolute atomic E-state index is 12.3. The number of pyridine rings is 1. The molecule has 1 aliphatic rings. The summed E-state index contributed by atoms with van der Waals surface area (Å²) in [5.74, 6) is 1.04. The van der Waals surface area contributed by atoms with E-state index in [-0.39, 0.29) is 10.3 Å². The van der Waals surface area contributed by atoms with Crippen molar-refractivity contribution < 1.29 is 17.9 Å². The fourth-order valence-electron chi connectivity index (χ4n) is 4.35. The molecule has 0 atom stereocenters. The van der Waals surface area contributed by atoms with Crippen LogP contribution in [0, 0.1) is 12.8 Å². The molecule has 1 aliphatic carbocycles. The monoisotopic (exact) mass is 463 g/mol. The van der Waals surface area contributed by atoms with Crippen molar-refractivity contribution in [3.8, 4) is 17.1 Å². The predicted octanol–water partition coefficient (Wildman–Crippen LogP) is 4.41. The highest BCUT2D eigenvalue weighted by atomic mass is 32.2. The van der Waals surface area contributed by atoms with Crippen LogP contribution in [0.15, 0.2) is 23.1 Å². The Labute approximate surface area is 192 Å². The molecule has 2 heterocycles. The molecule has 0 saturated heterocycles. The van der Waals surface area contributed by atoms with Gasteiger partial charge < -0.3 is 14.0 Å². The van der Waals surface area contributed by atoms with E-state index in [2.05, 4.69) is 25.3 Å². The summed E-state index contributed by atoms with van der Waals surface area (Å²) in [6.07, 6.45) is 6.05. The van der Waals surface area contributed by atoms with Crippen molar-refractivity contribution in [2.24, 2.45) is 11.1 Å². The molecule has 0 amide bonds. The minimum atomic E-state index is -3.83. The molecule has 0 aromatic carbocycles. The number of rotatable bonds is 8. The van der Waals surface area contributed by atoms with Gasteiger partial charge in [0.2, 0.25) is 15.9 Å². The van der Waals surface area contributed by atoms with Gasteiger partial charge in [-0.1, -0.05) is 40.0 Å². The molecule has 1 saturated carbocycles. The van der Waals surface area contributed by atoms with E-state index >= 15 is 0 Å². The quantitative estimate of drug-likeness (QED) is 0.585. The minimum absolute atomic E-state index is 0.180. The fourth-order valence-corrected chi connectivity index (χ4v) is 5.15. The molecule has 0 radical (unpaired) electrons. The number of sulfonamides is 1. The third-order valence-electron chi connectivity index (χ3n) is 6.20. The van der Waals surface area contributed by atoms with Gasteiger partial charge >= 0.3 is 0 Å². The summed E-state index contributed by atoms with van der Waals surface area (Å²) < 4.78 is 37.7. The molecule has 2 aromatic rings. The lowest BCUT2D eigenvalue weighted by molar-refractivity contribution is 0.143. The molecular weight excluding hydrogens is 426 g/mol. The normalized spacial score (nSPS) is 15.8. The standard InChI is InChI=1S/C24H37N3O4S/c1-17-21(32(25,28)29)15-20(27(17)16-18-9-7-6-8-10-18)19-13-22(24(2,3)4)26-23(14-19)31-12-11-30-5/h13-15,18H,6-12,16H2,1-5H3,(H2,25,28,29). The van der Waals surface area contributed by atoms with Crippen LogP contribution >= 0.6 is 0 Å². The van der Waals surface area contributed by atoms with E-state index in [1.54, 1.807) is 13.2 Å². The molecule has 2 aromatic heterocycles. The Kier molecular flexibility index (Phi) is 7.68. The van der Waals surface area contributed by atoms with Crippen molar-refractivity contribution in [2.45, 2.75) is 76.7 Å². The Morgan fingerprint density at radius 3 is 2.41 bits per heavy atom. The summed E-state index contributed by atoms with van der Waals surface area (Å²) in [6, 6.07) is 5.61. The van der Waals surface area contributed by atoms with Gasteiger partial charge in [-0.3, -0.25) is 0 Å². The highest BCUT2D eigenvalue weighted by Gasteiger charge is 2.25. The van der Waals surface area contributed by atoms with Gasteiger partial charge in [0.15, 0.2) is 0 Å². The lowest BCUT2D eigenvalue weighted by atomic mass is 9.89. The maximum Gasteiger partial charge on any atom is 0.239 e. The zero-order chi connectivity index (χ0) is 23.5. The van der Waals surface area contributed by atoms with Crippen LogP contribution in [-0.2, 0) is 26.7 Å². The molecule has 7 nitrogen and oxygen atoms in total. The predicted molar refractivity (Wildman–Crippen MR) is 126 cm³/mol. The highest BCUT2D eigenvalue weighted by Crippen LogP contribution is 2.35. The number of hydrogen-bond acceptors (Lipinski definition) is 5. The number of aromatic nitrogens is 2. The fraction of sp³-hybridized carbons (Fsp3) is 0.625. The molecule has 8 heteroatoms. The Bertz CT molecular complexity index is 1030. The Hall–Kier alpha value is -1.90. The first kappa shape index (κ1) is 24.7. The average molecular weight is 464 g/mol. The highest BCUT2D eigenvalue weighted by molar-refractivity contribution is 7.89. The largest absolute Gasteiger partial charge is 0.475 e. The van der Waals surface area contributed by atoms with Gasteiger partial charge in [0.05, 0.1) is 12.3 Å². The van der Waals surface area contributed by atoms with E-state index < -0.39 is 10.0 Å². The lowest BCUT2D eigenvalue weighted by Gasteiger charge is -2.25. The van der Waals surface area contributed by atoms with Gasteiger partial charge in [-0.05, 0) is 37.8 Å². The van der Waals surface area contributed by atoms with E-state index in [0.29, 0.717) is 30.7 Å². The van der Waals surface area contributed by atoms with Gasteiger partial charge in [-0.25, -0.2) is 18.5 Å². The van der Waals surface area contributed by atoms with Crippen LogP contribution in [0.25, 0.3) is 11.3 Å². The second-order valence-electron chi connectivity index (χ2n) is 9.81. The summed E-state index contributed by atoms with van der Waals surface area (Å²) in [5.41, 5.74) is 3.08. The van der Waals surface area contributed by atoms with Crippen molar-refractivity contribution in [1.82, 2.24) is 9.55 Å². The van der Waals surface area contributed by atoms with E-state index in [1.807, 2.05) is 19.1 Å². The molecule has 1 fully saturated rings. The molecule has 3 rings (SSSR count). The van der Waals surface area contributed by atoms with Gasteiger partial charge in [0, 0.05) is 42.1 Å². The molecule has 0 bridgehead atoms. The van der Waals surface area contributed by atoms with E-state index in [9.17, 15) is 8.42 Å². The van der Waals surface area contributed by atoms with Crippen molar-refractivity contribution in [1.29, 1.82) is 0 Å². The van der Waals surface area contributed by atoms with Gasteiger partial charge in [-0.15, -0.1) is 0 Å². The summed E-state index contributed by atoms with van der Waals surface area (Å²) in [7, 11) is -2.21. The number of methoxy groups -OCH3 is 1. The van der Waals surface area contributed by atoms with Crippen molar-refractivity contribution in [3.63, 3.8) is 0 Å². The lowest BCUT2D eigenvalue weighted by Crippen LogP contribution is -2.18. The van der Waals surface area contributed by atoms with Crippen molar-refractivity contribution >= 4 is 10.0 Å². The maximum atomic E-state index is 12.3. The summed E-state index contributed by atoms with van der Waals surface area (Å²) >= 11 is 0. The van der Waals surface area contributed by atoms with Crippen LogP contribution < -0.4 is 9.88 Å². The van der Waals surface area contributed by atoms with Crippen molar-refractivity contribution in [3.05, 3.63) is 29.6 Å². The molecule has 32 heavy (non-hydrogen) atoms. The first-order chi connectivity index (χ1) is 15.0. The Balaban J connectivity index is 2.12. The number of nitrogens with zero attached hydrogens (tertiary/aromatic N) is 2. The zero-order valence-corrected chi connectivity index (χ0v) is 20.8. The van der Waals surface area contributed by atoms with Crippen LogP contribution in [0.3, 0.4) is 0 Å². The molecule has 2 N–H and O–H groups in total.